The Morgan fingerprint density at radius 3 is 2.56 bits per heavy atom. The molecule has 3 nitrogen and oxygen atoms in total. The summed E-state index contributed by atoms with van der Waals surface area (Å²) >= 11 is 9.41. The summed E-state index contributed by atoms with van der Waals surface area (Å²) in [5.41, 5.74) is 1.96. The summed E-state index contributed by atoms with van der Waals surface area (Å²) < 4.78 is 1.03. The second kappa shape index (κ2) is 4.18. The lowest BCUT2D eigenvalue weighted by Gasteiger charge is -2.15. The lowest BCUT2D eigenvalue weighted by Crippen LogP contribution is -2.12. The van der Waals surface area contributed by atoms with Crippen molar-refractivity contribution in [2.45, 2.75) is 6.92 Å². The van der Waals surface area contributed by atoms with E-state index in [0.717, 1.165) is 26.8 Å². The number of hydrogen-bond acceptors (Lipinski definition) is 3. The molecule has 84 valence electrons. The molecular weight excluding hydrogens is 289 g/mol. The highest BCUT2D eigenvalue weighted by molar-refractivity contribution is 9.10. The summed E-state index contributed by atoms with van der Waals surface area (Å²) in [7, 11) is 3.88. The number of aryl methyl sites for hydroxylation is 1. The average molecular weight is 301 g/mol. The predicted octanol–water partition coefficient (Wildman–Crippen LogP) is 3.42. The largest absolute Gasteiger partial charge is 0.362 e. The second-order valence-electron chi connectivity index (χ2n) is 3.78. The molecular formula is C11H11BrClN3. The summed E-state index contributed by atoms with van der Waals surface area (Å²) in [5, 5.41) is 1.28. The summed E-state index contributed by atoms with van der Waals surface area (Å²) in [4.78, 5) is 10.4. The highest BCUT2D eigenvalue weighted by atomic mass is 79.9. The van der Waals surface area contributed by atoms with Gasteiger partial charge in [-0.05, 0) is 36.2 Å². The van der Waals surface area contributed by atoms with E-state index in [-0.39, 0.29) is 5.28 Å². The lowest BCUT2D eigenvalue weighted by atomic mass is 10.1. The van der Waals surface area contributed by atoms with Crippen molar-refractivity contribution in [2.24, 2.45) is 0 Å². The SMILES string of the molecule is Cc1c(Br)ccc2c(N(C)C)nc(Cl)nc12. The van der Waals surface area contributed by atoms with E-state index in [9.17, 15) is 0 Å². The number of halogens is 2. The molecule has 16 heavy (non-hydrogen) atoms. The Hall–Kier alpha value is -0.870. The second-order valence-corrected chi connectivity index (χ2v) is 4.97. The van der Waals surface area contributed by atoms with E-state index in [0.29, 0.717) is 0 Å². The van der Waals surface area contributed by atoms with E-state index < -0.39 is 0 Å². The van der Waals surface area contributed by atoms with Gasteiger partial charge < -0.3 is 4.90 Å². The van der Waals surface area contributed by atoms with Crippen LogP contribution in [0.5, 0.6) is 0 Å². The van der Waals surface area contributed by atoms with Gasteiger partial charge in [0.25, 0.3) is 0 Å². The molecule has 0 N–H and O–H groups in total. The first kappa shape index (κ1) is 11.6. The van der Waals surface area contributed by atoms with E-state index in [1.807, 2.05) is 38.1 Å². The minimum absolute atomic E-state index is 0.275. The van der Waals surface area contributed by atoms with Gasteiger partial charge in [0.05, 0.1) is 5.52 Å². The third-order valence-electron chi connectivity index (χ3n) is 2.43. The minimum atomic E-state index is 0.275. The van der Waals surface area contributed by atoms with Gasteiger partial charge in [0.1, 0.15) is 5.82 Å². The van der Waals surface area contributed by atoms with Crippen LogP contribution in [0.25, 0.3) is 10.9 Å². The molecule has 0 aliphatic rings. The van der Waals surface area contributed by atoms with Crippen LogP contribution in [0.1, 0.15) is 5.56 Å². The van der Waals surface area contributed by atoms with Crippen LogP contribution >= 0.6 is 27.5 Å². The number of aromatic nitrogens is 2. The van der Waals surface area contributed by atoms with E-state index in [2.05, 4.69) is 25.9 Å². The van der Waals surface area contributed by atoms with Crippen LogP contribution in [0.4, 0.5) is 5.82 Å². The zero-order chi connectivity index (χ0) is 11.9. The monoisotopic (exact) mass is 299 g/mol. The number of hydrogen-bond donors (Lipinski definition) is 0. The predicted molar refractivity (Wildman–Crippen MR) is 71.3 cm³/mol. The van der Waals surface area contributed by atoms with Crippen LogP contribution in [-0.2, 0) is 0 Å². The van der Waals surface area contributed by atoms with E-state index >= 15 is 0 Å². The zero-order valence-electron chi connectivity index (χ0n) is 9.25. The molecule has 1 aromatic carbocycles. The first-order valence-corrected chi connectivity index (χ1v) is 5.97. The number of nitrogens with zero attached hydrogens (tertiary/aromatic N) is 3. The van der Waals surface area contributed by atoms with E-state index in [1.54, 1.807) is 0 Å². The quantitative estimate of drug-likeness (QED) is 0.756. The third-order valence-corrected chi connectivity index (χ3v) is 3.46. The molecule has 0 atom stereocenters. The first-order chi connectivity index (χ1) is 7.50. The molecule has 0 spiro atoms. The Bertz CT molecular complexity index is 554. The fourth-order valence-corrected chi connectivity index (χ4v) is 2.09. The molecule has 1 aromatic heterocycles. The van der Waals surface area contributed by atoms with Crippen molar-refractivity contribution < 1.29 is 0 Å². The molecule has 2 rings (SSSR count). The molecule has 0 saturated heterocycles. The maximum Gasteiger partial charge on any atom is 0.224 e. The van der Waals surface area contributed by atoms with Crippen molar-refractivity contribution in [2.75, 3.05) is 19.0 Å². The van der Waals surface area contributed by atoms with Crippen LogP contribution in [-0.4, -0.2) is 24.1 Å². The van der Waals surface area contributed by atoms with Gasteiger partial charge in [0, 0.05) is 24.0 Å². The van der Waals surface area contributed by atoms with Crippen molar-refractivity contribution in [1.29, 1.82) is 0 Å². The fraction of sp³-hybridized carbons (Fsp3) is 0.273. The molecule has 0 unspecified atom stereocenters. The fourth-order valence-electron chi connectivity index (χ4n) is 1.61. The van der Waals surface area contributed by atoms with Crippen LogP contribution < -0.4 is 4.90 Å². The van der Waals surface area contributed by atoms with Gasteiger partial charge in [0.2, 0.25) is 5.28 Å². The summed E-state index contributed by atoms with van der Waals surface area (Å²) in [6.07, 6.45) is 0. The Morgan fingerprint density at radius 2 is 1.94 bits per heavy atom. The molecule has 5 heteroatoms. The van der Waals surface area contributed by atoms with Gasteiger partial charge in [0.15, 0.2) is 0 Å². The number of fused-ring (bicyclic) bond motifs is 1. The molecule has 1 heterocycles. The zero-order valence-corrected chi connectivity index (χ0v) is 11.6. The van der Waals surface area contributed by atoms with Crippen LogP contribution in [0.2, 0.25) is 5.28 Å². The molecule has 2 aromatic rings. The van der Waals surface area contributed by atoms with Crippen molar-refractivity contribution >= 4 is 44.3 Å². The molecule has 0 saturated carbocycles. The van der Waals surface area contributed by atoms with Gasteiger partial charge >= 0.3 is 0 Å². The summed E-state index contributed by atoms with van der Waals surface area (Å²) in [6.45, 7) is 2.01. The number of anilines is 1. The number of benzene rings is 1. The average Bonchev–Trinajstić information content (AvgIpc) is 2.23. The van der Waals surface area contributed by atoms with Gasteiger partial charge in [-0.3, -0.25) is 0 Å². The Morgan fingerprint density at radius 1 is 1.25 bits per heavy atom. The Balaban J connectivity index is 2.89. The maximum atomic E-state index is 5.93. The Kier molecular flexibility index (Phi) is 3.04. The number of rotatable bonds is 1. The molecule has 0 amide bonds. The van der Waals surface area contributed by atoms with Gasteiger partial charge in [-0.15, -0.1) is 0 Å². The topological polar surface area (TPSA) is 29.0 Å². The van der Waals surface area contributed by atoms with E-state index in [4.69, 9.17) is 11.6 Å². The van der Waals surface area contributed by atoms with Crippen molar-refractivity contribution in [3.63, 3.8) is 0 Å². The Labute approximate surface area is 108 Å². The molecule has 0 bridgehead atoms. The van der Waals surface area contributed by atoms with Gasteiger partial charge in [-0.25, -0.2) is 4.98 Å². The standard InChI is InChI=1S/C11H11BrClN3/c1-6-8(12)5-4-7-9(6)14-11(13)15-10(7)16(2)3/h4-5H,1-3H3. The molecule has 0 radical (unpaired) electrons. The molecule has 0 aliphatic carbocycles. The highest BCUT2D eigenvalue weighted by Gasteiger charge is 2.11. The maximum absolute atomic E-state index is 5.93. The van der Waals surface area contributed by atoms with E-state index in [1.165, 1.54) is 0 Å². The highest BCUT2D eigenvalue weighted by Crippen LogP contribution is 2.30. The first-order valence-electron chi connectivity index (χ1n) is 4.80. The van der Waals surface area contributed by atoms with Crippen LogP contribution in [0.3, 0.4) is 0 Å². The van der Waals surface area contributed by atoms with Crippen molar-refractivity contribution in [3.8, 4) is 0 Å². The molecule has 0 aliphatic heterocycles. The third kappa shape index (κ3) is 1.87. The smallest absolute Gasteiger partial charge is 0.224 e. The van der Waals surface area contributed by atoms with Crippen LogP contribution in [0, 0.1) is 6.92 Å². The lowest BCUT2D eigenvalue weighted by molar-refractivity contribution is 1.06. The van der Waals surface area contributed by atoms with Gasteiger partial charge in [-0.2, -0.15) is 4.98 Å². The van der Waals surface area contributed by atoms with Crippen molar-refractivity contribution in [1.82, 2.24) is 9.97 Å². The van der Waals surface area contributed by atoms with Crippen LogP contribution in [0.15, 0.2) is 16.6 Å². The molecule has 0 fully saturated rings. The summed E-state index contributed by atoms with van der Waals surface area (Å²) in [5.74, 6) is 0.839. The summed E-state index contributed by atoms with van der Waals surface area (Å²) in [6, 6.07) is 4.00. The van der Waals surface area contributed by atoms with Crippen molar-refractivity contribution in [3.05, 3.63) is 27.5 Å². The van der Waals surface area contributed by atoms with Gasteiger partial charge in [-0.1, -0.05) is 15.9 Å². The minimum Gasteiger partial charge on any atom is -0.362 e. The normalized spacial score (nSPS) is 10.8.